The number of thiophene rings is 1. The van der Waals surface area contributed by atoms with E-state index in [2.05, 4.69) is 4.98 Å². The van der Waals surface area contributed by atoms with E-state index in [0.717, 1.165) is 4.57 Å². The molecule has 4 heterocycles. The van der Waals surface area contributed by atoms with Crippen molar-refractivity contribution in [3.63, 3.8) is 0 Å². The van der Waals surface area contributed by atoms with E-state index in [4.69, 9.17) is 13.9 Å². The summed E-state index contributed by atoms with van der Waals surface area (Å²) in [7, 11) is -1.75. The van der Waals surface area contributed by atoms with Gasteiger partial charge in [0.2, 0.25) is 15.9 Å². The first kappa shape index (κ1) is 32.2. The van der Waals surface area contributed by atoms with Crippen molar-refractivity contribution in [3.8, 4) is 16.5 Å². The summed E-state index contributed by atoms with van der Waals surface area (Å²) in [6, 6.07) is 7.30. The number of aromatic nitrogens is 3. The first-order valence-electron chi connectivity index (χ1n) is 14.9. The smallest absolute Gasteiger partial charge is 0.333 e. The second-order valence-electron chi connectivity index (χ2n) is 12.5. The van der Waals surface area contributed by atoms with E-state index in [9.17, 15) is 27.9 Å². The predicted molar refractivity (Wildman–Crippen MR) is 171 cm³/mol. The van der Waals surface area contributed by atoms with Crippen LogP contribution in [0.2, 0.25) is 0 Å². The summed E-state index contributed by atoms with van der Waals surface area (Å²) in [5, 5.41) is 10.3. The largest absolute Gasteiger partial charge is 0.496 e. The average Bonchev–Trinajstić information content (AvgIpc) is 3.78. The van der Waals surface area contributed by atoms with Crippen LogP contribution >= 0.6 is 11.3 Å². The molecule has 4 atom stereocenters. The molecule has 0 bridgehead atoms. The van der Waals surface area contributed by atoms with Crippen LogP contribution in [0.15, 0.2) is 50.7 Å². The van der Waals surface area contributed by atoms with Gasteiger partial charge in [0.05, 0.1) is 42.5 Å². The molecule has 246 valence electrons. The molecule has 13 nitrogen and oxygen atoms in total. The monoisotopic (exact) mass is 672 g/mol. The van der Waals surface area contributed by atoms with Gasteiger partial charge in [-0.25, -0.2) is 31.9 Å². The maximum Gasteiger partial charge on any atom is 0.333 e. The molecule has 0 radical (unpaired) electrons. The van der Waals surface area contributed by atoms with Crippen LogP contribution in [0.5, 0.6) is 5.75 Å². The normalized spacial score (nSPS) is 21.1. The van der Waals surface area contributed by atoms with Crippen LogP contribution in [-0.2, 0) is 31.6 Å². The van der Waals surface area contributed by atoms with E-state index >= 15 is 0 Å². The van der Waals surface area contributed by atoms with Gasteiger partial charge in [0.25, 0.3) is 5.56 Å². The van der Waals surface area contributed by atoms with Crippen LogP contribution < -0.4 is 16.0 Å². The molecule has 4 aromatic rings. The van der Waals surface area contributed by atoms with Crippen LogP contribution in [0, 0.1) is 18.8 Å². The minimum absolute atomic E-state index is 0.0576. The van der Waals surface area contributed by atoms with Gasteiger partial charge in [-0.2, -0.15) is 0 Å². The summed E-state index contributed by atoms with van der Waals surface area (Å²) in [6.07, 6.45) is 4.44. The number of rotatable bonds is 10. The highest BCUT2D eigenvalue weighted by Gasteiger charge is 2.45. The number of fused-ring (bicyclic) bond motifs is 2. The van der Waals surface area contributed by atoms with E-state index in [1.165, 1.54) is 52.8 Å². The van der Waals surface area contributed by atoms with Crippen LogP contribution in [0.1, 0.15) is 43.9 Å². The van der Waals surface area contributed by atoms with Crippen molar-refractivity contribution in [1.82, 2.24) is 18.4 Å². The lowest BCUT2D eigenvalue weighted by Gasteiger charge is -2.28. The molecule has 0 amide bonds. The number of aliphatic carboxylic acids is 1. The summed E-state index contributed by atoms with van der Waals surface area (Å²) in [5.74, 6) is -0.223. The SMILES string of the molecule is COc1ccccc1[C@H](Cn1c(=O)n(C(C)(C)C(=O)O)c(=O)c2c(C)c(-c3ncco3)sc21)O[C@H]1C[C@@H]2CN(S(C)(=O)=O)C[C@@H]2C1. The van der Waals surface area contributed by atoms with E-state index in [0.29, 0.717) is 52.5 Å². The summed E-state index contributed by atoms with van der Waals surface area (Å²) in [5.41, 5.74) is -2.18. The number of aryl methyl sites for hydroxylation is 1. The summed E-state index contributed by atoms with van der Waals surface area (Å²) in [6.45, 7) is 5.18. The lowest BCUT2D eigenvalue weighted by atomic mass is 10.0. The van der Waals surface area contributed by atoms with Crippen molar-refractivity contribution >= 4 is 37.5 Å². The minimum atomic E-state index is -3.29. The van der Waals surface area contributed by atoms with Crippen LogP contribution in [-0.4, -0.2) is 70.5 Å². The number of hydrogen-bond donors (Lipinski definition) is 1. The quantitative estimate of drug-likeness (QED) is 0.264. The van der Waals surface area contributed by atoms with Gasteiger partial charge in [0, 0.05) is 18.7 Å². The average molecular weight is 673 g/mol. The van der Waals surface area contributed by atoms with Gasteiger partial charge >= 0.3 is 11.7 Å². The fourth-order valence-corrected chi connectivity index (χ4v) is 8.93. The van der Waals surface area contributed by atoms with Crippen molar-refractivity contribution in [1.29, 1.82) is 0 Å². The van der Waals surface area contributed by atoms with E-state index in [1.54, 1.807) is 20.1 Å². The maximum absolute atomic E-state index is 14.3. The molecule has 0 spiro atoms. The number of nitrogens with zero attached hydrogens (tertiary/aromatic N) is 4. The highest BCUT2D eigenvalue weighted by atomic mass is 32.2. The molecule has 46 heavy (non-hydrogen) atoms. The molecule has 1 saturated heterocycles. The molecule has 6 rings (SSSR count). The number of methoxy groups -OCH3 is 1. The number of benzene rings is 1. The molecule has 1 aromatic carbocycles. The van der Waals surface area contributed by atoms with Gasteiger partial charge in [-0.05, 0) is 57.1 Å². The Kier molecular flexibility index (Phi) is 8.24. The topological polar surface area (TPSA) is 163 Å². The number of para-hydroxylation sites is 1. The predicted octanol–water partition coefficient (Wildman–Crippen LogP) is 3.44. The molecule has 1 aliphatic heterocycles. The number of oxazole rings is 1. The first-order valence-corrected chi connectivity index (χ1v) is 17.5. The number of carboxylic acid groups (broad SMARTS) is 1. The Morgan fingerprint density at radius 3 is 2.46 bits per heavy atom. The van der Waals surface area contributed by atoms with Crippen molar-refractivity contribution in [2.75, 3.05) is 26.5 Å². The third kappa shape index (κ3) is 5.48. The molecule has 1 saturated carbocycles. The van der Waals surface area contributed by atoms with Crippen molar-refractivity contribution < 1.29 is 32.2 Å². The van der Waals surface area contributed by atoms with Crippen LogP contribution in [0.3, 0.4) is 0 Å². The Morgan fingerprint density at radius 2 is 1.87 bits per heavy atom. The Hall–Kier alpha value is -3.79. The van der Waals surface area contributed by atoms with E-state index in [-0.39, 0.29) is 35.8 Å². The van der Waals surface area contributed by atoms with Crippen molar-refractivity contribution in [2.24, 2.45) is 11.8 Å². The highest BCUT2D eigenvalue weighted by Crippen LogP contribution is 2.43. The molecule has 2 fully saturated rings. The second kappa shape index (κ2) is 11.8. The lowest BCUT2D eigenvalue weighted by molar-refractivity contribution is -0.146. The third-order valence-corrected chi connectivity index (χ3v) is 11.8. The molecule has 1 N–H and O–H groups in total. The van der Waals surface area contributed by atoms with Crippen molar-refractivity contribution in [3.05, 3.63) is 68.7 Å². The molecular weight excluding hydrogens is 636 g/mol. The van der Waals surface area contributed by atoms with Gasteiger partial charge < -0.3 is 19.0 Å². The molecular formula is C31H36N4O9S2. The number of hydrogen-bond acceptors (Lipinski definition) is 10. The van der Waals surface area contributed by atoms with Crippen molar-refractivity contribution in [2.45, 2.75) is 57.9 Å². The molecule has 1 aliphatic carbocycles. The Morgan fingerprint density at radius 1 is 1.20 bits per heavy atom. The fourth-order valence-electron chi connectivity index (χ4n) is 6.76. The Bertz CT molecular complexity index is 2010. The second-order valence-corrected chi connectivity index (χ2v) is 15.5. The van der Waals surface area contributed by atoms with Gasteiger partial charge in [-0.1, -0.05) is 18.2 Å². The van der Waals surface area contributed by atoms with Gasteiger partial charge in [-0.3, -0.25) is 9.36 Å². The number of sulfonamides is 1. The summed E-state index contributed by atoms with van der Waals surface area (Å²) >= 11 is 1.17. The lowest BCUT2D eigenvalue weighted by Crippen LogP contribution is -2.52. The zero-order chi connectivity index (χ0) is 33.1. The standard InChI is InChI=1S/C31H36N4O9S2/c1-17-24-27(36)35(31(2,3)29(37)38)30(39)34(28(24)45-25(17)26-32-10-11-43-26)16-23(21-8-6-7-9-22(21)42-4)44-20-12-18-14-33(46(5,40)41)15-19(18)13-20/h6-11,18-20,23H,12-16H2,1-5H3,(H,37,38)/t18-,19+,20+,23-/m0/s1. The molecule has 0 unspecified atom stereocenters. The number of ether oxygens (including phenoxy) is 2. The molecule has 3 aromatic heterocycles. The highest BCUT2D eigenvalue weighted by molar-refractivity contribution is 7.88. The third-order valence-electron chi connectivity index (χ3n) is 9.26. The van der Waals surface area contributed by atoms with Crippen LogP contribution in [0.25, 0.3) is 21.0 Å². The molecule has 2 aliphatic rings. The summed E-state index contributed by atoms with van der Waals surface area (Å²) < 4.78 is 46.0. The first-order chi connectivity index (χ1) is 21.7. The zero-order valence-corrected chi connectivity index (χ0v) is 27.8. The number of carboxylic acids is 1. The zero-order valence-electron chi connectivity index (χ0n) is 26.1. The van der Waals surface area contributed by atoms with Gasteiger partial charge in [-0.15, -0.1) is 11.3 Å². The maximum atomic E-state index is 14.3. The molecule has 15 heteroatoms. The Labute approximate surface area is 269 Å². The van der Waals surface area contributed by atoms with E-state index < -0.39 is 38.9 Å². The number of carbonyl (C=O) groups is 1. The van der Waals surface area contributed by atoms with Gasteiger partial charge in [0.15, 0.2) is 0 Å². The van der Waals surface area contributed by atoms with E-state index in [1.807, 2.05) is 18.2 Å². The van der Waals surface area contributed by atoms with Crippen LogP contribution in [0.4, 0.5) is 0 Å². The van der Waals surface area contributed by atoms with Gasteiger partial charge in [0.1, 0.15) is 28.5 Å². The fraction of sp³-hybridized carbons (Fsp3) is 0.484. The minimum Gasteiger partial charge on any atom is -0.496 e. The summed E-state index contributed by atoms with van der Waals surface area (Å²) in [4.78, 5) is 45.7. The Balaban J connectivity index is 1.48.